The van der Waals surface area contributed by atoms with Crippen molar-refractivity contribution in [1.29, 1.82) is 0 Å². The average molecular weight is 258 g/mol. The predicted octanol–water partition coefficient (Wildman–Crippen LogP) is 1.63. The molecule has 6 heteroatoms. The van der Waals surface area contributed by atoms with Crippen molar-refractivity contribution in [1.82, 2.24) is 0 Å². The van der Waals surface area contributed by atoms with Gasteiger partial charge in [-0.25, -0.2) is 0 Å². The Morgan fingerprint density at radius 2 is 2.35 bits per heavy atom. The summed E-state index contributed by atoms with van der Waals surface area (Å²) in [5, 5.41) is 0.426. The summed E-state index contributed by atoms with van der Waals surface area (Å²) >= 11 is 6.01. The molecule has 1 atom stereocenters. The fraction of sp³-hybridized carbons (Fsp3) is 0.364. The number of hydrogen-bond acceptors (Lipinski definition) is 5. The van der Waals surface area contributed by atoms with Crippen molar-refractivity contribution >= 4 is 17.6 Å². The predicted molar refractivity (Wildman–Crippen MR) is 61.1 cm³/mol. The third-order valence-electron chi connectivity index (χ3n) is 2.49. The van der Waals surface area contributed by atoms with Gasteiger partial charge in [-0.2, -0.15) is 0 Å². The van der Waals surface area contributed by atoms with E-state index in [1.807, 2.05) is 0 Å². The lowest BCUT2D eigenvalue weighted by Crippen LogP contribution is -2.16. The molecule has 0 aliphatic carbocycles. The topological polar surface area (TPSA) is 70.8 Å². The maximum atomic E-state index is 11.1. The first kappa shape index (κ1) is 12.0. The second kappa shape index (κ2) is 4.81. The molecule has 0 saturated carbocycles. The first-order chi connectivity index (χ1) is 8.11. The number of carbonyl (C=O) groups is 1. The Morgan fingerprint density at radius 3 is 3.06 bits per heavy atom. The second-order valence-electron chi connectivity index (χ2n) is 3.62. The summed E-state index contributed by atoms with van der Waals surface area (Å²) in [5.74, 6) is 0.694. The molecular formula is C11H12ClNO4. The lowest BCUT2D eigenvalue weighted by atomic mass is 10.0. The first-order valence-corrected chi connectivity index (χ1v) is 5.41. The maximum Gasteiger partial charge on any atom is 0.307 e. The van der Waals surface area contributed by atoms with Crippen molar-refractivity contribution in [3.05, 3.63) is 22.7 Å². The van der Waals surface area contributed by atoms with Gasteiger partial charge in [0, 0.05) is 6.04 Å². The molecule has 2 N–H and O–H groups in total. The first-order valence-electron chi connectivity index (χ1n) is 5.03. The van der Waals surface area contributed by atoms with E-state index in [4.69, 9.17) is 26.8 Å². The van der Waals surface area contributed by atoms with Gasteiger partial charge in [-0.3, -0.25) is 4.79 Å². The lowest BCUT2D eigenvalue weighted by Gasteiger charge is -2.12. The number of methoxy groups -OCH3 is 1. The van der Waals surface area contributed by atoms with E-state index in [0.717, 1.165) is 0 Å². The molecule has 0 unspecified atom stereocenters. The second-order valence-corrected chi connectivity index (χ2v) is 4.03. The van der Waals surface area contributed by atoms with Crippen LogP contribution in [0.4, 0.5) is 0 Å². The fourth-order valence-electron chi connectivity index (χ4n) is 1.58. The van der Waals surface area contributed by atoms with Crippen molar-refractivity contribution in [3.63, 3.8) is 0 Å². The van der Waals surface area contributed by atoms with E-state index in [1.54, 1.807) is 12.1 Å². The van der Waals surface area contributed by atoms with Crippen LogP contribution in [0.1, 0.15) is 18.0 Å². The molecule has 17 heavy (non-hydrogen) atoms. The number of rotatable bonds is 3. The molecule has 0 aromatic heterocycles. The number of nitrogens with two attached hydrogens (primary N) is 1. The molecule has 1 aliphatic heterocycles. The molecule has 0 amide bonds. The molecule has 92 valence electrons. The van der Waals surface area contributed by atoms with Crippen LogP contribution in [0.2, 0.25) is 5.02 Å². The van der Waals surface area contributed by atoms with Crippen molar-refractivity contribution in [3.8, 4) is 11.5 Å². The molecule has 2 rings (SSSR count). The van der Waals surface area contributed by atoms with Crippen LogP contribution in [0, 0.1) is 0 Å². The van der Waals surface area contributed by atoms with Crippen LogP contribution >= 0.6 is 11.6 Å². The Kier molecular flexibility index (Phi) is 3.40. The van der Waals surface area contributed by atoms with Crippen LogP contribution in [0.3, 0.4) is 0 Å². The molecule has 0 fully saturated rings. The van der Waals surface area contributed by atoms with Gasteiger partial charge in [0.2, 0.25) is 6.79 Å². The third-order valence-corrected chi connectivity index (χ3v) is 2.77. The van der Waals surface area contributed by atoms with Crippen LogP contribution in [0.5, 0.6) is 11.5 Å². The molecule has 1 aromatic carbocycles. The number of carbonyl (C=O) groups excluding carboxylic acids is 1. The Morgan fingerprint density at radius 1 is 1.59 bits per heavy atom. The van der Waals surface area contributed by atoms with Crippen molar-refractivity contribution in [2.45, 2.75) is 12.5 Å². The summed E-state index contributed by atoms with van der Waals surface area (Å²) < 4.78 is 15.0. The lowest BCUT2D eigenvalue weighted by molar-refractivity contribution is -0.141. The standard InChI is InChI=1S/C11H12ClNO4/c1-15-10(14)4-8(13)6-2-7(12)11-9(3-6)16-5-17-11/h2-3,8H,4-5,13H2,1H3/t8-/m1/s1. The van der Waals surface area contributed by atoms with Crippen LogP contribution in [0.25, 0.3) is 0 Å². The summed E-state index contributed by atoms with van der Waals surface area (Å²) in [6.45, 7) is 0.144. The quantitative estimate of drug-likeness (QED) is 0.834. The Labute approximate surface area is 103 Å². The van der Waals surface area contributed by atoms with Crippen LogP contribution < -0.4 is 15.2 Å². The van der Waals surface area contributed by atoms with Crippen LogP contribution in [-0.2, 0) is 9.53 Å². The zero-order valence-electron chi connectivity index (χ0n) is 9.23. The molecular weight excluding hydrogens is 246 g/mol. The van der Waals surface area contributed by atoms with Crippen molar-refractivity contribution in [2.75, 3.05) is 13.9 Å². The molecule has 1 aliphatic rings. The number of benzene rings is 1. The van der Waals surface area contributed by atoms with Crippen molar-refractivity contribution in [2.24, 2.45) is 5.73 Å². The van der Waals surface area contributed by atoms with E-state index < -0.39 is 6.04 Å². The highest BCUT2D eigenvalue weighted by Gasteiger charge is 2.21. The number of fused-ring (bicyclic) bond motifs is 1. The van der Waals surface area contributed by atoms with E-state index in [2.05, 4.69) is 4.74 Å². The summed E-state index contributed by atoms with van der Waals surface area (Å²) in [4.78, 5) is 11.1. The van der Waals surface area contributed by atoms with Crippen molar-refractivity contribution < 1.29 is 19.0 Å². The number of halogens is 1. The van der Waals surface area contributed by atoms with Gasteiger partial charge in [0.1, 0.15) is 0 Å². The molecule has 0 bridgehead atoms. The van der Waals surface area contributed by atoms with Gasteiger partial charge in [0.25, 0.3) is 0 Å². The van der Waals surface area contributed by atoms with Gasteiger partial charge in [-0.1, -0.05) is 11.6 Å². The molecule has 1 aromatic rings. The van der Waals surface area contributed by atoms with E-state index in [0.29, 0.717) is 22.1 Å². The van der Waals surface area contributed by atoms with E-state index in [9.17, 15) is 4.79 Å². The highest BCUT2D eigenvalue weighted by atomic mass is 35.5. The number of esters is 1. The van der Waals surface area contributed by atoms with Gasteiger partial charge in [0.05, 0.1) is 18.6 Å². The largest absolute Gasteiger partial charge is 0.469 e. The number of ether oxygens (including phenoxy) is 3. The Hall–Kier alpha value is -1.46. The molecule has 1 heterocycles. The summed E-state index contributed by atoms with van der Waals surface area (Å²) in [7, 11) is 1.32. The minimum atomic E-state index is -0.477. The van der Waals surface area contributed by atoms with E-state index in [-0.39, 0.29) is 19.2 Å². The molecule has 0 saturated heterocycles. The zero-order valence-corrected chi connectivity index (χ0v) is 9.99. The highest BCUT2D eigenvalue weighted by Crippen LogP contribution is 2.41. The molecule has 5 nitrogen and oxygen atoms in total. The number of hydrogen-bond donors (Lipinski definition) is 1. The van der Waals surface area contributed by atoms with Crippen LogP contribution in [-0.4, -0.2) is 19.9 Å². The average Bonchev–Trinajstić information content (AvgIpc) is 2.77. The summed E-state index contributed by atoms with van der Waals surface area (Å²) in [5.41, 5.74) is 6.59. The molecule has 0 spiro atoms. The van der Waals surface area contributed by atoms with Gasteiger partial charge >= 0.3 is 5.97 Å². The Balaban J connectivity index is 2.22. The fourth-order valence-corrected chi connectivity index (χ4v) is 1.86. The highest BCUT2D eigenvalue weighted by molar-refractivity contribution is 6.32. The Bertz CT molecular complexity index is 449. The SMILES string of the molecule is COC(=O)C[C@@H](N)c1cc(Cl)c2c(c1)OCO2. The van der Waals surface area contributed by atoms with Gasteiger partial charge < -0.3 is 19.9 Å². The minimum absolute atomic E-state index is 0.0898. The zero-order chi connectivity index (χ0) is 12.4. The van der Waals surface area contributed by atoms with Crippen LogP contribution in [0.15, 0.2) is 12.1 Å². The van der Waals surface area contributed by atoms with E-state index >= 15 is 0 Å². The van der Waals surface area contributed by atoms with Gasteiger partial charge in [-0.05, 0) is 17.7 Å². The maximum absolute atomic E-state index is 11.1. The monoisotopic (exact) mass is 257 g/mol. The van der Waals surface area contributed by atoms with Gasteiger partial charge in [-0.15, -0.1) is 0 Å². The normalized spacial score (nSPS) is 14.5. The molecule has 0 radical (unpaired) electrons. The summed E-state index contributed by atoms with van der Waals surface area (Å²) in [6.07, 6.45) is 0.0898. The summed E-state index contributed by atoms with van der Waals surface area (Å²) in [6, 6.07) is 2.92. The smallest absolute Gasteiger partial charge is 0.307 e. The minimum Gasteiger partial charge on any atom is -0.469 e. The third kappa shape index (κ3) is 2.45. The van der Waals surface area contributed by atoms with E-state index in [1.165, 1.54) is 7.11 Å². The van der Waals surface area contributed by atoms with Gasteiger partial charge in [0.15, 0.2) is 11.5 Å².